The third kappa shape index (κ3) is 1.34. The van der Waals surface area contributed by atoms with E-state index in [2.05, 4.69) is 15.9 Å². The molecule has 0 aliphatic carbocycles. The van der Waals surface area contributed by atoms with Crippen molar-refractivity contribution in [2.24, 2.45) is 0 Å². The minimum atomic E-state index is 0.576. The van der Waals surface area contributed by atoms with Crippen molar-refractivity contribution in [3.05, 3.63) is 17.4 Å². The van der Waals surface area contributed by atoms with E-state index >= 15 is 0 Å². The predicted octanol–water partition coefficient (Wildman–Crippen LogP) is 2.49. The maximum atomic E-state index is 5.24. The molecule has 2 nitrogen and oxygen atoms in total. The van der Waals surface area contributed by atoms with E-state index in [4.69, 9.17) is 9.15 Å². The minimum Gasteiger partial charge on any atom is -0.468 e. The molecule has 0 amide bonds. The van der Waals surface area contributed by atoms with Crippen molar-refractivity contribution in [3.63, 3.8) is 0 Å². The van der Waals surface area contributed by atoms with E-state index in [1.165, 1.54) is 0 Å². The Balaban J connectivity index is 2.92. The first kappa shape index (κ1) is 7.66. The molecule has 0 N–H and O–H groups in total. The molecule has 0 bridgehead atoms. The molecule has 10 heavy (non-hydrogen) atoms. The predicted molar refractivity (Wildman–Crippen MR) is 42.6 cm³/mol. The van der Waals surface area contributed by atoms with Gasteiger partial charge < -0.3 is 9.15 Å². The highest BCUT2D eigenvalue weighted by molar-refractivity contribution is 9.08. The maximum absolute atomic E-state index is 5.24. The van der Waals surface area contributed by atoms with Gasteiger partial charge >= 0.3 is 0 Å². The number of methoxy groups -OCH3 is 1. The topological polar surface area (TPSA) is 22.4 Å². The number of halogens is 1. The van der Waals surface area contributed by atoms with Gasteiger partial charge in [-0.2, -0.15) is 0 Å². The van der Waals surface area contributed by atoms with Gasteiger partial charge in [-0.25, -0.2) is 0 Å². The molecule has 0 aliphatic rings. The van der Waals surface area contributed by atoms with Gasteiger partial charge in [0.2, 0.25) is 0 Å². The molecule has 0 fully saturated rings. The molecular formula is C7H9BrO2. The van der Waals surface area contributed by atoms with Crippen LogP contribution < -0.4 is 4.74 Å². The van der Waals surface area contributed by atoms with Crippen LogP contribution >= 0.6 is 15.9 Å². The van der Waals surface area contributed by atoms with Crippen molar-refractivity contribution in [1.29, 1.82) is 0 Å². The molecule has 1 aromatic heterocycles. The van der Waals surface area contributed by atoms with Gasteiger partial charge in [-0.05, 0) is 12.5 Å². The van der Waals surface area contributed by atoms with Gasteiger partial charge in [0, 0.05) is 6.07 Å². The Labute approximate surface area is 68.3 Å². The van der Waals surface area contributed by atoms with Crippen LogP contribution in [0.5, 0.6) is 5.95 Å². The Hall–Kier alpha value is -0.440. The summed E-state index contributed by atoms with van der Waals surface area (Å²) in [5, 5.41) is 0.738. The molecule has 0 saturated carbocycles. The van der Waals surface area contributed by atoms with Crippen LogP contribution in [0.1, 0.15) is 11.3 Å². The summed E-state index contributed by atoms with van der Waals surface area (Å²) in [6, 6.07) is 1.87. The number of alkyl halides is 1. The lowest BCUT2D eigenvalue weighted by Gasteiger charge is -1.89. The van der Waals surface area contributed by atoms with Crippen molar-refractivity contribution >= 4 is 15.9 Å². The van der Waals surface area contributed by atoms with Crippen LogP contribution in [0.3, 0.4) is 0 Å². The second kappa shape index (κ2) is 3.10. The van der Waals surface area contributed by atoms with Gasteiger partial charge in [0.1, 0.15) is 5.76 Å². The molecule has 0 aromatic carbocycles. The lowest BCUT2D eigenvalue weighted by Crippen LogP contribution is -1.75. The van der Waals surface area contributed by atoms with Crippen LogP contribution in [0.15, 0.2) is 10.5 Å². The highest BCUT2D eigenvalue weighted by Crippen LogP contribution is 2.22. The quantitative estimate of drug-likeness (QED) is 0.692. The second-order valence-electron chi connectivity index (χ2n) is 2.01. The van der Waals surface area contributed by atoms with E-state index in [0.717, 1.165) is 16.7 Å². The van der Waals surface area contributed by atoms with Crippen LogP contribution in [-0.4, -0.2) is 7.11 Å². The average molecular weight is 205 g/mol. The summed E-state index contributed by atoms with van der Waals surface area (Å²) in [5.74, 6) is 1.50. The summed E-state index contributed by atoms with van der Waals surface area (Å²) < 4.78 is 10.1. The number of hydrogen-bond acceptors (Lipinski definition) is 2. The van der Waals surface area contributed by atoms with Crippen molar-refractivity contribution in [2.75, 3.05) is 7.11 Å². The van der Waals surface area contributed by atoms with Gasteiger partial charge in [-0.15, -0.1) is 0 Å². The molecule has 1 rings (SSSR count). The summed E-state index contributed by atoms with van der Waals surface area (Å²) in [6.45, 7) is 1.99. The number of furan rings is 1. The first-order valence-electron chi connectivity index (χ1n) is 2.97. The van der Waals surface area contributed by atoms with Gasteiger partial charge in [0.25, 0.3) is 5.95 Å². The van der Waals surface area contributed by atoms with E-state index in [9.17, 15) is 0 Å². The molecule has 1 heterocycles. The molecule has 0 atom stereocenters. The molecule has 56 valence electrons. The van der Waals surface area contributed by atoms with E-state index in [1.807, 2.05) is 13.0 Å². The fourth-order valence-corrected chi connectivity index (χ4v) is 1.28. The minimum absolute atomic E-state index is 0.576. The fourth-order valence-electron chi connectivity index (χ4n) is 0.722. The zero-order valence-corrected chi connectivity index (χ0v) is 7.56. The van der Waals surface area contributed by atoms with Crippen LogP contribution in [0, 0.1) is 6.92 Å². The molecule has 0 spiro atoms. The third-order valence-electron chi connectivity index (χ3n) is 1.32. The third-order valence-corrected chi connectivity index (χ3v) is 1.83. The summed E-state index contributed by atoms with van der Waals surface area (Å²) in [7, 11) is 1.59. The summed E-state index contributed by atoms with van der Waals surface area (Å²) in [6.07, 6.45) is 0. The Kier molecular flexibility index (Phi) is 2.38. The van der Waals surface area contributed by atoms with Crippen LogP contribution in [0.25, 0.3) is 0 Å². The Bertz CT molecular complexity index is 217. The van der Waals surface area contributed by atoms with Gasteiger partial charge in [0.15, 0.2) is 0 Å². The van der Waals surface area contributed by atoms with Crippen LogP contribution in [-0.2, 0) is 5.33 Å². The first-order valence-corrected chi connectivity index (χ1v) is 4.09. The largest absolute Gasteiger partial charge is 0.468 e. The maximum Gasteiger partial charge on any atom is 0.284 e. The lowest BCUT2D eigenvalue weighted by molar-refractivity contribution is 0.298. The lowest BCUT2D eigenvalue weighted by atomic mass is 10.3. The summed E-state index contributed by atoms with van der Waals surface area (Å²) in [4.78, 5) is 0. The van der Waals surface area contributed by atoms with E-state index in [-0.39, 0.29) is 0 Å². The van der Waals surface area contributed by atoms with Crippen LogP contribution in [0.4, 0.5) is 0 Å². The zero-order chi connectivity index (χ0) is 7.56. The summed E-state index contributed by atoms with van der Waals surface area (Å²) in [5.41, 5.74) is 1.12. The smallest absolute Gasteiger partial charge is 0.284 e. The molecule has 3 heteroatoms. The Morgan fingerprint density at radius 2 is 2.40 bits per heavy atom. The first-order chi connectivity index (χ1) is 4.77. The zero-order valence-electron chi connectivity index (χ0n) is 5.98. The average Bonchev–Trinajstić information content (AvgIpc) is 2.30. The number of hydrogen-bond donors (Lipinski definition) is 0. The van der Waals surface area contributed by atoms with Crippen molar-refractivity contribution < 1.29 is 9.15 Å². The van der Waals surface area contributed by atoms with Crippen molar-refractivity contribution in [1.82, 2.24) is 0 Å². The Morgan fingerprint density at radius 3 is 2.70 bits per heavy atom. The summed E-state index contributed by atoms with van der Waals surface area (Å²) >= 11 is 3.30. The number of ether oxygens (including phenoxy) is 1. The molecule has 1 aromatic rings. The van der Waals surface area contributed by atoms with Gasteiger partial charge in [-0.1, -0.05) is 15.9 Å². The molecule has 0 aliphatic heterocycles. The van der Waals surface area contributed by atoms with Crippen molar-refractivity contribution in [2.45, 2.75) is 12.3 Å². The van der Waals surface area contributed by atoms with Crippen LogP contribution in [0.2, 0.25) is 0 Å². The fraction of sp³-hybridized carbons (Fsp3) is 0.429. The van der Waals surface area contributed by atoms with Gasteiger partial charge in [0.05, 0.1) is 12.4 Å². The monoisotopic (exact) mass is 204 g/mol. The van der Waals surface area contributed by atoms with E-state index in [0.29, 0.717) is 5.95 Å². The van der Waals surface area contributed by atoms with E-state index in [1.54, 1.807) is 7.11 Å². The van der Waals surface area contributed by atoms with E-state index < -0.39 is 0 Å². The SMILES string of the molecule is COc1cc(C)c(CBr)o1. The number of aryl methyl sites for hydroxylation is 1. The normalized spacial score (nSPS) is 9.90. The standard InChI is InChI=1S/C7H9BrO2/c1-5-3-7(9-2)10-6(5)4-8/h3H,4H2,1-2H3. The van der Waals surface area contributed by atoms with Crippen molar-refractivity contribution in [3.8, 4) is 5.95 Å². The molecule has 0 unspecified atom stereocenters. The number of rotatable bonds is 2. The molecule has 0 saturated heterocycles. The molecule has 0 radical (unpaired) electrons. The highest BCUT2D eigenvalue weighted by Gasteiger charge is 2.04. The molecular weight excluding hydrogens is 196 g/mol. The highest BCUT2D eigenvalue weighted by atomic mass is 79.9. The van der Waals surface area contributed by atoms with Gasteiger partial charge in [-0.3, -0.25) is 0 Å². The Morgan fingerprint density at radius 1 is 1.70 bits per heavy atom. The second-order valence-corrected chi connectivity index (χ2v) is 2.57.